The maximum Gasteiger partial charge on any atom is 0.342 e. The Labute approximate surface area is 163 Å². The zero-order valence-corrected chi connectivity index (χ0v) is 16.2. The topological polar surface area (TPSA) is 121 Å². The zero-order valence-electron chi connectivity index (χ0n) is 16.2. The number of carbonyl (C=O) groups is 3. The second kappa shape index (κ2) is 9.59. The summed E-state index contributed by atoms with van der Waals surface area (Å²) in [6.45, 7) is 5.55. The van der Waals surface area contributed by atoms with Crippen molar-refractivity contribution >= 4 is 23.7 Å². The first-order valence-corrected chi connectivity index (χ1v) is 8.93. The second-order valence-corrected chi connectivity index (χ2v) is 6.09. The van der Waals surface area contributed by atoms with Gasteiger partial charge in [0.05, 0.1) is 13.2 Å². The molecule has 0 radical (unpaired) electrons. The summed E-state index contributed by atoms with van der Waals surface area (Å²) < 4.78 is 15.9. The number of aryl methyl sites for hydroxylation is 2. The number of rotatable bonds is 9. The van der Waals surface area contributed by atoms with Crippen LogP contribution in [0.15, 0.2) is 28.7 Å². The molecule has 0 aliphatic heterocycles. The number of anilines is 1. The van der Waals surface area contributed by atoms with E-state index in [1.165, 1.54) is 6.92 Å². The monoisotopic (exact) mass is 388 g/mol. The Hall–Kier alpha value is -3.29. The molecule has 0 bridgehead atoms. The van der Waals surface area contributed by atoms with Crippen LogP contribution in [0.4, 0.5) is 5.88 Å². The predicted molar refractivity (Wildman–Crippen MR) is 102 cm³/mol. The average Bonchev–Trinajstić information content (AvgIpc) is 2.96. The summed E-state index contributed by atoms with van der Waals surface area (Å²) in [6, 6.07) is 7.59. The Bertz CT molecular complexity index is 872. The molecule has 0 aliphatic rings. The van der Waals surface area contributed by atoms with Gasteiger partial charge in [0.1, 0.15) is 22.6 Å². The van der Waals surface area contributed by atoms with Gasteiger partial charge in [-0.3, -0.25) is 14.9 Å². The maximum atomic E-state index is 12.2. The van der Waals surface area contributed by atoms with Crippen molar-refractivity contribution in [2.24, 2.45) is 5.73 Å². The van der Waals surface area contributed by atoms with Crippen LogP contribution in [-0.4, -0.2) is 31.0 Å². The Balaban J connectivity index is 1.98. The molecule has 0 unspecified atom stereocenters. The fourth-order valence-electron chi connectivity index (χ4n) is 2.64. The Morgan fingerprint density at radius 3 is 2.50 bits per heavy atom. The third-order valence-electron chi connectivity index (χ3n) is 3.96. The first-order valence-electron chi connectivity index (χ1n) is 8.93. The zero-order chi connectivity index (χ0) is 20.7. The van der Waals surface area contributed by atoms with Gasteiger partial charge in [-0.15, -0.1) is 0 Å². The smallest absolute Gasteiger partial charge is 0.342 e. The van der Waals surface area contributed by atoms with Gasteiger partial charge in [0.2, 0.25) is 11.8 Å². The number of furan rings is 1. The van der Waals surface area contributed by atoms with Gasteiger partial charge in [0.25, 0.3) is 5.91 Å². The number of para-hydroxylation sites is 1. The van der Waals surface area contributed by atoms with E-state index in [0.717, 1.165) is 11.3 Å². The standard InChI is InChI=1S/C20H24N2O6/c1-4-26-20(25)16-13(3)28-19(17(16)18(21)24)22-15(23)10-7-11-27-14-9-6-5-8-12(14)2/h5-6,8-9H,4,7,10-11H2,1-3H3,(H2,21,24)(H,22,23). The van der Waals surface area contributed by atoms with Crippen LogP contribution in [-0.2, 0) is 9.53 Å². The van der Waals surface area contributed by atoms with Crippen LogP contribution in [0, 0.1) is 13.8 Å². The normalized spacial score (nSPS) is 10.4. The molecule has 1 heterocycles. The van der Waals surface area contributed by atoms with Crippen LogP contribution in [0.1, 0.15) is 51.8 Å². The second-order valence-electron chi connectivity index (χ2n) is 6.09. The number of ether oxygens (including phenoxy) is 2. The van der Waals surface area contributed by atoms with E-state index in [0.29, 0.717) is 13.0 Å². The molecule has 8 heteroatoms. The van der Waals surface area contributed by atoms with Crippen LogP contribution in [0.25, 0.3) is 0 Å². The lowest BCUT2D eigenvalue weighted by Crippen LogP contribution is -2.20. The lowest BCUT2D eigenvalue weighted by Gasteiger charge is -2.08. The summed E-state index contributed by atoms with van der Waals surface area (Å²) in [5.41, 5.74) is 6.10. The van der Waals surface area contributed by atoms with Crippen molar-refractivity contribution in [2.45, 2.75) is 33.6 Å². The Morgan fingerprint density at radius 1 is 1.14 bits per heavy atom. The molecule has 2 amide bonds. The van der Waals surface area contributed by atoms with Crippen LogP contribution >= 0.6 is 0 Å². The number of primary amides is 1. The summed E-state index contributed by atoms with van der Waals surface area (Å²) in [5.74, 6) is -1.26. The van der Waals surface area contributed by atoms with E-state index in [1.807, 2.05) is 31.2 Å². The lowest BCUT2D eigenvalue weighted by molar-refractivity contribution is -0.116. The van der Waals surface area contributed by atoms with E-state index in [4.69, 9.17) is 19.6 Å². The van der Waals surface area contributed by atoms with E-state index < -0.39 is 11.9 Å². The minimum atomic E-state index is -0.891. The highest BCUT2D eigenvalue weighted by atomic mass is 16.5. The summed E-state index contributed by atoms with van der Waals surface area (Å²) in [4.78, 5) is 36.0. The summed E-state index contributed by atoms with van der Waals surface area (Å²) in [5, 5.41) is 2.49. The summed E-state index contributed by atoms with van der Waals surface area (Å²) in [6.07, 6.45) is 0.592. The molecule has 1 aromatic heterocycles. The van der Waals surface area contributed by atoms with Gasteiger partial charge in [-0.2, -0.15) is 0 Å². The number of nitrogens with two attached hydrogens (primary N) is 1. The van der Waals surface area contributed by atoms with E-state index in [2.05, 4.69) is 5.32 Å². The molecule has 2 aromatic rings. The first-order chi connectivity index (χ1) is 13.3. The summed E-state index contributed by atoms with van der Waals surface area (Å²) >= 11 is 0. The van der Waals surface area contributed by atoms with Gasteiger partial charge in [-0.05, 0) is 38.8 Å². The molecule has 2 rings (SSSR count). The molecule has 0 atom stereocenters. The minimum absolute atomic E-state index is 0.0764. The minimum Gasteiger partial charge on any atom is -0.493 e. The van der Waals surface area contributed by atoms with Gasteiger partial charge in [-0.1, -0.05) is 18.2 Å². The SMILES string of the molecule is CCOC(=O)c1c(C)oc(NC(=O)CCCOc2ccccc2C)c1C(N)=O. The number of esters is 1. The van der Waals surface area contributed by atoms with Gasteiger partial charge >= 0.3 is 5.97 Å². The molecular formula is C20H24N2O6. The van der Waals surface area contributed by atoms with Crippen molar-refractivity contribution in [1.29, 1.82) is 0 Å². The molecule has 0 aliphatic carbocycles. The third kappa shape index (κ3) is 5.12. The number of amides is 2. The van der Waals surface area contributed by atoms with E-state index in [1.54, 1.807) is 6.92 Å². The highest BCUT2D eigenvalue weighted by Gasteiger charge is 2.28. The highest BCUT2D eigenvalue weighted by Crippen LogP contribution is 2.28. The first kappa shape index (κ1) is 21.0. The number of benzene rings is 1. The van der Waals surface area contributed by atoms with Crippen LogP contribution in [0.5, 0.6) is 5.75 Å². The number of carbonyl (C=O) groups excluding carboxylic acids is 3. The Kier molecular flexibility index (Phi) is 7.20. The van der Waals surface area contributed by atoms with Crippen molar-refractivity contribution in [3.8, 4) is 5.75 Å². The van der Waals surface area contributed by atoms with Gasteiger partial charge in [0, 0.05) is 6.42 Å². The molecule has 0 fully saturated rings. The number of nitrogens with one attached hydrogen (secondary N) is 1. The predicted octanol–water partition coefficient (Wildman–Crippen LogP) is 2.97. The van der Waals surface area contributed by atoms with Crippen LogP contribution < -0.4 is 15.8 Å². The fourth-order valence-corrected chi connectivity index (χ4v) is 2.64. The fraction of sp³-hybridized carbons (Fsp3) is 0.350. The molecule has 28 heavy (non-hydrogen) atoms. The quantitative estimate of drug-likeness (QED) is 0.503. The molecule has 3 N–H and O–H groups in total. The van der Waals surface area contributed by atoms with Crippen molar-refractivity contribution < 1.29 is 28.3 Å². The van der Waals surface area contributed by atoms with Crippen LogP contribution in [0.2, 0.25) is 0 Å². The highest BCUT2D eigenvalue weighted by molar-refractivity contribution is 6.10. The van der Waals surface area contributed by atoms with E-state index in [-0.39, 0.29) is 41.7 Å². The molecule has 0 spiro atoms. The van der Waals surface area contributed by atoms with Gasteiger partial charge < -0.3 is 19.6 Å². The van der Waals surface area contributed by atoms with Crippen molar-refractivity contribution in [2.75, 3.05) is 18.5 Å². The van der Waals surface area contributed by atoms with Crippen molar-refractivity contribution in [1.82, 2.24) is 0 Å². The molecule has 8 nitrogen and oxygen atoms in total. The van der Waals surface area contributed by atoms with Crippen molar-refractivity contribution in [3.63, 3.8) is 0 Å². The maximum absolute atomic E-state index is 12.2. The van der Waals surface area contributed by atoms with E-state index in [9.17, 15) is 14.4 Å². The van der Waals surface area contributed by atoms with Crippen LogP contribution in [0.3, 0.4) is 0 Å². The largest absolute Gasteiger partial charge is 0.493 e. The van der Waals surface area contributed by atoms with Crippen molar-refractivity contribution in [3.05, 3.63) is 46.7 Å². The molecular weight excluding hydrogens is 364 g/mol. The molecule has 150 valence electrons. The average molecular weight is 388 g/mol. The number of hydrogen-bond donors (Lipinski definition) is 2. The molecule has 0 saturated carbocycles. The molecule has 1 aromatic carbocycles. The number of hydrogen-bond acceptors (Lipinski definition) is 6. The molecule has 0 saturated heterocycles. The lowest BCUT2D eigenvalue weighted by atomic mass is 10.1. The third-order valence-corrected chi connectivity index (χ3v) is 3.96. The van der Waals surface area contributed by atoms with Gasteiger partial charge in [0.15, 0.2) is 0 Å². The van der Waals surface area contributed by atoms with Gasteiger partial charge in [-0.25, -0.2) is 4.79 Å². The van der Waals surface area contributed by atoms with E-state index >= 15 is 0 Å². The Morgan fingerprint density at radius 2 is 1.86 bits per heavy atom. The summed E-state index contributed by atoms with van der Waals surface area (Å²) in [7, 11) is 0.